The third-order valence-electron chi connectivity index (χ3n) is 2.55. The van der Waals surface area contributed by atoms with Crippen LogP contribution in [0, 0.1) is 17.1 Å². The van der Waals surface area contributed by atoms with Crippen molar-refractivity contribution in [3.63, 3.8) is 0 Å². The molecule has 0 fully saturated rings. The van der Waals surface area contributed by atoms with Gasteiger partial charge in [-0.05, 0) is 29.8 Å². The van der Waals surface area contributed by atoms with Crippen molar-refractivity contribution in [1.82, 2.24) is 0 Å². The topological polar surface area (TPSA) is 50.1 Å². The van der Waals surface area contributed by atoms with Crippen LogP contribution in [0.25, 0.3) is 0 Å². The van der Waals surface area contributed by atoms with Crippen LogP contribution in [0.5, 0.6) is 0 Å². The standard InChI is InChI=1S/C15H10FNO2/c16-14-4-2-1-3-13(14)15(18)19-10-12-7-5-11(9-17)6-8-12/h1-8H,10H2. The van der Waals surface area contributed by atoms with E-state index >= 15 is 0 Å². The second-order valence-corrected chi connectivity index (χ2v) is 3.86. The first-order valence-corrected chi connectivity index (χ1v) is 5.61. The summed E-state index contributed by atoms with van der Waals surface area (Å²) in [5.41, 5.74) is 1.18. The summed E-state index contributed by atoms with van der Waals surface area (Å²) in [6.07, 6.45) is 0. The second-order valence-electron chi connectivity index (χ2n) is 3.86. The molecule has 0 N–H and O–H groups in total. The van der Waals surface area contributed by atoms with E-state index in [-0.39, 0.29) is 12.2 Å². The van der Waals surface area contributed by atoms with Crippen molar-refractivity contribution >= 4 is 5.97 Å². The number of nitriles is 1. The quantitative estimate of drug-likeness (QED) is 0.792. The Hall–Kier alpha value is -2.67. The molecule has 19 heavy (non-hydrogen) atoms. The molecule has 0 atom stereocenters. The summed E-state index contributed by atoms with van der Waals surface area (Å²) >= 11 is 0. The number of benzene rings is 2. The molecule has 0 saturated heterocycles. The third kappa shape index (κ3) is 3.17. The zero-order valence-electron chi connectivity index (χ0n) is 9.97. The number of ether oxygens (including phenoxy) is 1. The van der Waals surface area contributed by atoms with Gasteiger partial charge in [-0.15, -0.1) is 0 Å². The van der Waals surface area contributed by atoms with Crippen molar-refractivity contribution in [2.75, 3.05) is 0 Å². The molecule has 2 aromatic carbocycles. The Morgan fingerprint density at radius 3 is 2.47 bits per heavy atom. The molecule has 0 spiro atoms. The van der Waals surface area contributed by atoms with Crippen LogP contribution in [-0.4, -0.2) is 5.97 Å². The summed E-state index contributed by atoms with van der Waals surface area (Å²) in [7, 11) is 0. The van der Waals surface area contributed by atoms with Gasteiger partial charge in [0.25, 0.3) is 0 Å². The second kappa shape index (κ2) is 5.78. The molecular formula is C15H10FNO2. The number of hydrogen-bond acceptors (Lipinski definition) is 3. The van der Waals surface area contributed by atoms with Gasteiger partial charge in [-0.3, -0.25) is 0 Å². The maximum Gasteiger partial charge on any atom is 0.341 e. The summed E-state index contributed by atoms with van der Waals surface area (Å²) in [5.74, 6) is -1.31. The van der Waals surface area contributed by atoms with Crippen molar-refractivity contribution < 1.29 is 13.9 Å². The Morgan fingerprint density at radius 1 is 1.16 bits per heavy atom. The van der Waals surface area contributed by atoms with E-state index in [9.17, 15) is 9.18 Å². The van der Waals surface area contributed by atoms with E-state index in [1.54, 1.807) is 30.3 Å². The Morgan fingerprint density at radius 2 is 1.84 bits per heavy atom. The molecule has 0 unspecified atom stereocenters. The van der Waals surface area contributed by atoms with Gasteiger partial charge in [-0.25, -0.2) is 9.18 Å². The maximum absolute atomic E-state index is 13.3. The lowest BCUT2D eigenvalue weighted by Crippen LogP contribution is -2.07. The zero-order chi connectivity index (χ0) is 13.7. The highest BCUT2D eigenvalue weighted by Gasteiger charge is 2.12. The van der Waals surface area contributed by atoms with Crippen LogP contribution < -0.4 is 0 Å². The van der Waals surface area contributed by atoms with Crippen LogP contribution in [-0.2, 0) is 11.3 Å². The molecule has 0 saturated carbocycles. The third-order valence-corrected chi connectivity index (χ3v) is 2.55. The van der Waals surface area contributed by atoms with Crippen molar-refractivity contribution in [3.8, 4) is 6.07 Å². The predicted octanol–water partition coefficient (Wildman–Crippen LogP) is 3.05. The highest BCUT2D eigenvalue weighted by Crippen LogP contribution is 2.10. The van der Waals surface area contributed by atoms with E-state index in [1.807, 2.05) is 6.07 Å². The van der Waals surface area contributed by atoms with Crippen molar-refractivity contribution in [3.05, 3.63) is 71.0 Å². The van der Waals surface area contributed by atoms with E-state index in [0.717, 1.165) is 5.56 Å². The lowest BCUT2D eigenvalue weighted by atomic mass is 10.1. The summed E-state index contributed by atoms with van der Waals surface area (Å²) in [6, 6.07) is 14.3. The van der Waals surface area contributed by atoms with Crippen LogP contribution in [0.1, 0.15) is 21.5 Å². The Kier molecular flexibility index (Phi) is 3.89. The highest BCUT2D eigenvalue weighted by molar-refractivity contribution is 5.89. The average molecular weight is 255 g/mol. The minimum Gasteiger partial charge on any atom is -0.457 e. The van der Waals surface area contributed by atoms with Crippen LogP contribution in [0.3, 0.4) is 0 Å². The van der Waals surface area contributed by atoms with Crippen molar-refractivity contribution in [2.24, 2.45) is 0 Å². The fourth-order valence-corrected chi connectivity index (χ4v) is 1.53. The number of rotatable bonds is 3. The highest BCUT2D eigenvalue weighted by atomic mass is 19.1. The monoisotopic (exact) mass is 255 g/mol. The minimum absolute atomic E-state index is 0.0406. The van der Waals surface area contributed by atoms with Gasteiger partial charge in [0, 0.05) is 0 Å². The molecular weight excluding hydrogens is 245 g/mol. The SMILES string of the molecule is N#Cc1ccc(COC(=O)c2ccccc2F)cc1. The van der Waals surface area contributed by atoms with Gasteiger partial charge in [0.15, 0.2) is 0 Å². The molecule has 0 bridgehead atoms. The van der Waals surface area contributed by atoms with Crippen LogP contribution in [0.2, 0.25) is 0 Å². The fraction of sp³-hybridized carbons (Fsp3) is 0.0667. The largest absolute Gasteiger partial charge is 0.457 e. The van der Waals surface area contributed by atoms with Gasteiger partial charge < -0.3 is 4.74 Å². The number of carbonyl (C=O) groups is 1. The molecule has 2 rings (SSSR count). The molecule has 0 radical (unpaired) electrons. The smallest absolute Gasteiger partial charge is 0.341 e. The number of halogens is 1. The summed E-state index contributed by atoms with van der Waals surface area (Å²) in [6.45, 7) is 0.0406. The zero-order valence-corrected chi connectivity index (χ0v) is 9.97. The predicted molar refractivity (Wildman–Crippen MR) is 66.7 cm³/mol. The lowest BCUT2D eigenvalue weighted by Gasteiger charge is -2.05. The molecule has 0 heterocycles. The van der Waals surface area contributed by atoms with Gasteiger partial charge in [0.05, 0.1) is 17.2 Å². The molecule has 0 aliphatic heterocycles. The molecule has 2 aromatic rings. The van der Waals surface area contributed by atoms with E-state index in [4.69, 9.17) is 10.00 Å². The van der Waals surface area contributed by atoms with Crippen LogP contribution in [0.4, 0.5) is 4.39 Å². The minimum atomic E-state index is -0.706. The fourth-order valence-electron chi connectivity index (χ4n) is 1.53. The number of nitrogens with zero attached hydrogens (tertiary/aromatic N) is 1. The van der Waals surface area contributed by atoms with Gasteiger partial charge >= 0.3 is 5.97 Å². The summed E-state index contributed by atoms with van der Waals surface area (Å²) in [4.78, 5) is 11.6. The Bertz CT molecular complexity index is 629. The molecule has 94 valence electrons. The Balaban J connectivity index is 2.01. The van der Waals surface area contributed by atoms with Gasteiger partial charge in [-0.2, -0.15) is 5.26 Å². The maximum atomic E-state index is 13.3. The first-order chi connectivity index (χ1) is 9.20. The van der Waals surface area contributed by atoms with Gasteiger partial charge in [-0.1, -0.05) is 24.3 Å². The Labute approximate surface area is 109 Å². The molecule has 0 amide bonds. The van der Waals surface area contributed by atoms with Crippen molar-refractivity contribution in [2.45, 2.75) is 6.61 Å². The molecule has 4 heteroatoms. The van der Waals surface area contributed by atoms with Crippen molar-refractivity contribution in [1.29, 1.82) is 5.26 Å². The molecule has 0 aromatic heterocycles. The first kappa shape index (κ1) is 12.8. The molecule has 0 aliphatic carbocycles. The van der Waals surface area contributed by atoms with Crippen LogP contribution in [0.15, 0.2) is 48.5 Å². The molecule has 3 nitrogen and oxygen atoms in total. The van der Waals surface area contributed by atoms with Crippen LogP contribution >= 0.6 is 0 Å². The lowest BCUT2D eigenvalue weighted by molar-refractivity contribution is 0.0467. The van der Waals surface area contributed by atoms with E-state index < -0.39 is 11.8 Å². The average Bonchev–Trinajstić information content (AvgIpc) is 2.46. The summed E-state index contributed by atoms with van der Waals surface area (Å²) in [5, 5.41) is 8.65. The van der Waals surface area contributed by atoms with E-state index in [0.29, 0.717) is 5.56 Å². The van der Waals surface area contributed by atoms with Gasteiger partial charge in [0.2, 0.25) is 0 Å². The normalized spacial score (nSPS) is 9.68. The first-order valence-electron chi connectivity index (χ1n) is 5.61. The number of carbonyl (C=O) groups excluding carboxylic acids is 1. The van der Waals surface area contributed by atoms with Gasteiger partial charge in [0.1, 0.15) is 12.4 Å². The number of hydrogen-bond donors (Lipinski definition) is 0. The molecule has 0 aliphatic rings. The summed E-state index contributed by atoms with van der Waals surface area (Å²) < 4.78 is 18.3. The van der Waals surface area contributed by atoms with E-state index in [2.05, 4.69) is 0 Å². The van der Waals surface area contributed by atoms with E-state index in [1.165, 1.54) is 18.2 Å². The number of esters is 1.